The predicted molar refractivity (Wildman–Crippen MR) is 125 cm³/mol. The van der Waals surface area contributed by atoms with E-state index in [9.17, 15) is 27.9 Å². The van der Waals surface area contributed by atoms with Crippen LogP contribution in [0.2, 0.25) is 0 Å². The Hall–Kier alpha value is -3.65. The van der Waals surface area contributed by atoms with Crippen LogP contribution in [0.1, 0.15) is 52.4 Å². The van der Waals surface area contributed by atoms with Gasteiger partial charge in [0.25, 0.3) is 5.91 Å². The van der Waals surface area contributed by atoms with Gasteiger partial charge in [-0.1, -0.05) is 49.4 Å². The number of carbonyl (C=O) groups excluding carboxylic acids is 2. The van der Waals surface area contributed by atoms with Crippen molar-refractivity contribution >= 4 is 23.1 Å². The number of hydrogen-bond donors (Lipinski definition) is 3. The van der Waals surface area contributed by atoms with Crippen molar-refractivity contribution in [3.05, 3.63) is 94.5 Å². The number of benzene rings is 3. The predicted octanol–water partition coefficient (Wildman–Crippen LogP) is 5.24. The summed E-state index contributed by atoms with van der Waals surface area (Å²) in [5.74, 6) is -1.53. The van der Waals surface area contributed by atoms with E-state index in [4.69, 9.17) is 0 Å². The number of Topliss-reactive ketones (excluding diaryl/α,β-unsaturated/α-hetero) is 1. The highest BCUT2D eigenvalue weighted by Gasteiger charge is 2.52. The zero-order valence-electron chi connectivity index (χ0n) is 18.9. The normalized spacial score (nSPS) is 22.8. The van der Waals surface area contributed by atoms with Crippen molar-refractivity contribution in [1.82, 2.24) is 0 Å². The van der Waals surface area contributed by atoms with Gasteiger partial charge in [-0.25, -0.2) is 0 Å². The summed E-state index contributed by atoms with van der Waals surface area (Å²) in [6, 6.07) is 17.1. The zero-order valence-corrected chi connectivity index (χ0v) is 18.9. The lowest BCUT2D eigenvalue weighted by Gasteiger charge is -2.33. The van der Waals surface area contributed by atoms with Gasteiger partial charge in [0.15, 0.2) is 11.4 Å². The number of aliphatic hydroxyl groups is 1. The average Bonchev–Trinajstić information content (AvgIpc) is 3.34. The molecule has 0 spiro atoms. The van der Waals surface area contributed by atoms with E-state index in [0.717, 1.165) is 29.4 Å². The lowest BCUT2D eigenvalue weighted by atomic mass is 9.69. The van der Waals surface area contributed by atoms with E-state index in [2.05, 4.69) is 10.6 Å². The first-order valence-electron chi connectivity index (χ1n) is 11.3. The molecule has 8 heteroatoms. The first-order valence-corrected chi connectivity index (χ1v) is 11.3. The Morgan fingerprint density at radius 2 is 1.69 bits per heavy atom. The first kappa shape index (κ1) is 23.1. The standard InChI is InChI=1S/C27H23F3N2O3/c1-2-25(15-31-20-11-4-3-9-18(20)25)19-10-6-12-21-23(19)26(35,24(34)32-21)14-22(33)16-7-5-8-17(13-16)27(28,29)30/h3-13,31,35H,2,14-15H2,1H3,(H,32,34). The molecule has 0 saturated carbocycles. The second-order valence-electron chi connectivity index (χ2n) is 9.06. The summed E-state index contributed by atoms with van der Waals surface area (Å²) < 4.78 is 39.5. The average molecular weight is 480 g/mol. The van der Waals surface area contributed by atoms with Crippen LogP contribution in [0.4, 0.5) is 24.5 Å². The molecule has 2 aliphatic rings. The van der Waals surface area contributed by atoms with Crippen molar-refractivity contribution in [3.8, 4) is 0 Å². The molecule has 2 unspecified atom stereocenters. The largest absolute Gasteiger partial charge is 0.416 e. The first-order chi connectivity index (χ1) is 16.6. The molecular weight excluding hydrogens is 457 g/mol. The Balaban J connectivity index is 1.60. The fraction of sp³-hybridized carbons (Fsp3) is 0.259. The number of carbonyl (C=O) groups is 2. The van der Waals surface area contributed by atoms with Gasteiger partial charge in [0.2, 0.25) is 0 Å². The molecule has 0 aromatic heterocycles. The molecule has 0 radical (unpaired) electrons. The van der Waals surface area contributed by atoms with Gasteiger partial charge in [-0.2, -0.15) is 13.2 Å². The summed E-state index contributed by atoms with van der Waals surface area (Å²) in [6.45, 7) is 2.55. The van der Waals surface area contributed by atoms with Gasteiger partial charge in [0, 0.05) is 34.5 Å². The number of fused-ring (bicyclic) bond motifs is 2. The highest BCUT2D eigenvalue weighted by atomic mass is 19.4. The van der Waals surface area contributed by atoms with Crippen LogP contribution in [0.25, 0.3) is 0 Å². The SMILES string of the molecule is CCC1(c2cccc3c2C(O)(CC(=O)c2cccc(C(F)(F)F)c2)C(=O)N3)CNc2ccccc21. The van der Waals surface area contributed by atoms with E-state index in [-0.39, 0.29) is 5.56 Å². The molecule has 180 valence electrons. The highest BCUT2D eigenvalue weighted by Crippen LogP contribution is 2.51. The topological polar surface area (TPSA) is 78.4 Å². The molecule has 2 heterocycles. The van der Waals surface area contributed by atoms with E-state index < -0.39 is 40.9 Å². The van der Waals surface area contributed by atoms with Crippen LogP contribution in [0, 0.1) is 0 Å². The van der Waals surface area contributed by atoms with E-state index >= 15 is 0 Å². The number of para-hydroxylation sites is 1. The van der Waals surface area contributed by atoms with Crippen LogP contribution in [0.5, 0.6) is 0 Å². The number of rotatable bonds is 5. The van der Waals surface area contributed by atoms with E-state index in [1.165, 1.54) is 6.07 Å². The van der Waals surface area contributed by atoms with Crippen LogP contribution >= 0.6 is 0 Å². The van der Waals surface area contributed by atoms with Gasteiger partial charge in [0.05, 0.1) is 12.0 Å². The van der Waals surface area contributed by atoms with Gasteiger partial charge in [-0.05, 0) is 41.8 Å². The lowest BCUT2D eigenvalue weighted by Crippen LogP contribution is -2.40. The van der Waals surface area contributed by atoms with Gasteiger partial charge in [0.1, 0.15) is 0 Å². The molecule has 0 bridgehead atoms. The van der Waals surface area contributed by atoms with Crippen molar-refractivity contribution in [2.45, 2.75) is 37.0 Å². The Bertz CT molecular complexity index is 1350. The second kappa shape index (κ2) is 7.95. The summed E-state index contributed by atoms with van der Waals surface area (Å²) >= 11 is 0. The van der Waals surface area contributed by atoms with Gasteiger partial charge in [-0.3, -0.25) is 9.59 Å². The Morgan fingerprint density at radius 3 is 2.43 bits per heavy atom. The Kier molecular flexibility index (Phi) is 5.25. The third-order valence-corrected chi connectivity index (χ3v) is 7.17. The van der Waals surface area contributed by atoms with E-state index in [1.54, 1.807) is 12.1 Å². The summed E-state index contributed by atoms with van der Waals surface area (Å²) in [5, 5.41) is 17.8. The molecule has 1 amide bonds. The van der Waals surface area contributed by atoms with E-state index in [0.29, 0.717) is 29.8 Å². The molecule has 3 N–H and O–H groups in total. The van der Waals surface area contributed by atoms with E-state index in [1.807, 2.05) is 37.3 Å². The minimum Gasteiger partial charge on any atom is -0.384 e. The summed E-state index contributed by atoms with van der Waals surface area (Å²) in [5.41, 5.74) is -0.619. The number of halogens is 3. The third kappa shape index (κ3) is 3.51. The minimum absolute atomic E-state index is 0.218. The Morgan fingerprint density at radius 1 is 1.00 bits per heavy atom. The fourth-order valence-corrected chi connectivity index (χ4v) is 5.35. The molecule has 0 aliphatic carbocycles. The number of hydrogen-bond acceptors (Lipinski definition) is 4. The van der Waals surface area contributed by atoms with Crippen LogP contribution in [-0.4, -0.2) is 23.3 Å². The summed E-state index contributed by atoms with van der Waals surface area (Å²) in [6.07, 6.45) is -4.65. The van der Waals surface area contributed by atoms with Crippen LogP contribution in [-0.2, 0) is 22.0 Å². The number of nitrogens with one attached hydrogen (secondary N) is 2. The maximum atomic E-state index is 13.2. The van der Waals surface area contributed by atoms with Crippen LogP contribution in [0.3, 0.4) is 0 Å². The molecule has 5 nitrogen and oxygen atoms in total. The number of alkyl halides is 3. The van der Waals surface area contributed by atoms with Crippen molar-refractivity contribution in [2.75, 3.05) is 17.2 Å². The molecule has 0 fully saturated rings. The monoisotopic (exact) mass is 480 g/mol. The second-order valence-corrected chi connectivity index (χ2v) is 9.06. The van der Waals surface area contributed by atoms with Crippen molar-refractivity contribution in [1.29, 1.82) is 0 Å². The Labute approximate surface area is 200 Å². The maximum absolute atomic E-state index is 13.2. The van der Waals surface area contributed by atoms with Gasteiger partial charge < -0.3 is 15.7 Å². The molecule has 3 aromatic rings. The molecule has 2 atom stereocenters. The summed E-state index contributed by atoms with van der Waals surface area (Å²) in [4.78, 5) is 26.1. The lowest BCUT2D eigenvalue weighted by molar-refractivity contribution is -0.137. The smallest absolute Gasteiger partial charge is 0.384 e. The number of ketones is 1. The quantitative estimate of drug-likeness (QED) is 0.437. The summed E-state index contributed by atoms with van der Waals surface area (Å²) in [7, 11) is 0. The van der Waals surface area contributed by atoms with Gasteiger partial charge >= 0.3 is 6.18 Å². The van der Waals surface area contributed by atoms with Crippen molar-refractivity contribution < 1.29 is 27.9 Å². The molecule has 3 aromatic carbocycles. The number of anilines is 2. The molecule has 0 saturated heterocycles. The highest BCUT2D eigenvalue weighted by molar-refractivity contribution is 6.10. The molecule has 2 aliphatic heterocycles. The third-order valence-electron chi connectivity index (χ3n) is 7.17. The maximum Gasteiger partial charge on any atom is 0.416 e. The number of amides is 1. The molecule has 5 rings (SSSR count). The fourth-order valence-electron chi connectivity index (χ4n) is 5.35. The van der Waals surface area contributed by atoms with Crippen molar-refractivity contribution in [2.24, 2.45) is 0 Å². The van der Waals surface area contributed by atoms with Crippen LogP contribution < -0.4 is 10.6 Å². The molecular formula is C27H23F3N2O3. The minimum atomic E-state index is -4.62. The molecule has 35 heavy (non-hydrogen) atoms. The van der Waals surface area contributed by atoms with Crippen molar-refractivity contribution in [3.63, 3.8) is 0 Å². The van der Waals surface area contributed by atoms with Gasteiger partial charge in [-0.15, -0.1) is 0 Å². The zero-order chi connectivity index (χ0) is 25.0. The van der Waals surface area contributed by atoms with Crippen LogP contribution in [0.15, 0.2) is 66.7 Å².